The van der Waals surface area contributed by atoms with Gasteiger partial charge in [-0.1, -0.05) is 22.9 Å². The van der Waals surface area contributed by atoms with E-state index >= 15 is 0 Å². The van der Waals surface area contributed by atoms with Crippen LogP contribution in [-0.4, -0.2) is 25.0 Å². The molecule has 0 amide bonds. The van der Waals surface area contributed by atoms with Crippen molar-refractivity contribution < 1.29 is 4.74 Å². The van der Waals surface area contributed by atoms with Crippen molar-refractivity contribution in [2.75, 3.05) is 18.9 Å². The molecule has 0 saturated carbocycles. The van der Waals surface area contributed by atoms with Crippen LogP contribution >= 0.6 is 27.7 Å². The molecule has 0 bridgehead atoms. The van der Waals surface area contributed by atoms with Gasteiger partial charge in [-0.15, -0.1) is 11.8 Å². The van der Waals surface area contributed by atoms with Gasteiger partial charge in [0, 0.05) is 27.8 Å². The Bertz CT molecular complexity index is 421. The number of ether oxygens (including phenoxy) is 1. The van der Waals surface area contributed by atoms with E-state index < -0.39 is 0 Å². The fourth-order valence-electron chi connectivity index (χ4n) is 2.42. The third kappa shape index (κ3) is 4.76. The highest BCUT2D eigenvalue weighted by Crippen LogP contribution is 2.32. The van der Waals surface area contributed by atoms with Crippen LogP contribution in [0.4, 0.5) is 0 Å². The van der Waals surface area contributed by atoms with Crippen molar-refractivity contribution in [2.24, 2.45) is 0 Å². The van der Waals surface area contributed by atoms with E-state index in [9.17, 15) is 0 Å². The van der Waals surface area contributed by atoms with Gasteiger partial charge in [0.15, 0.2) is 0 Å². The topological polar surface area (TPSA) is 21.3 Å². The zero-order chi connectivity index (χ0) is 14.4. The van der Waals surface area contributed by atoms with Crippen molar-refractivity contribution in [2.45, 2.75) is 50.2 Å². The van der Waals surface area contributed by atoms with Crippen LogP contribution in [0.1, 0.15) is 44.7 Å². The van der Waals surface area contributed by atoms with Crippen molar-refractivity contribution in [3.63, 3.8) is 0 Å². The largest absolute Gasteiger partial charge is 0.377 e. The standard InChI is InChI=1S/C16H24BrNOS/c1-3-8-18-12(2)15-10-13(17)6-7-16(15)20-11-14-5-4-9-19-14/h6-7,10,12,14,18H,3-5,8-9,11H2,1-2H3. The molecule has 112 valence electrons. The first-order valence-electron chi connectivity index (χ1n) is 7.48. The highest BCUT2D eigenvalue weighted by atomic mass is 79.9. The first kappa shape index (κ1) is 16.3. The predicted octanol–water partition coefficient (Wildman–Crippen LogP) is 4.78. The molecule has 1 heterocycles. The average Bonchev–Trinajstić information content (AvgIpc) is 2.96. The van der Waals surface area contributed by atoms with E-state index in [0.717, 1.165) is 29.8 Å². The molecule has 2 unspecified atom stereocenters. The molecule has 0 spiro atoms. The fraction of sp³-hybridized carbons (Fsp3) is 0.625. The molecule has 1 aromatic rings. The summed E-state index contributed by atoms with van der Waals surface area (Å²) < 4.78 is 6.87. The number of thioether (sulfide) groups is 1. The Morgan fingerprint density at radius 2 is 2.35 bits per heavy atom. The first-order valence-corrected chi connectivity index (χ1v) is 9.25. The highest BCUT2D eigenvalue weighted by Gasteiger charge is 2.17. The van der Waals surface area contributed by atoms with Gasteiger partial charge < -0.3 is 10.1 Å². The summed E-state index contributed by atoms with van der Waals surface area (Å²) in [6.45, 7) is 6.44. The lowest BCUT2D eigenvalue weighted by atomic mass is 10.1. The van der Waals surface area contributed by atoms with Crippen LogP contribution in [0.3, 0.4) is 0 Å². The molecule has 0 aromatic heterocycles. The number of hydrogen-bond acceptors (Lipinski definition) is 3. The predicted molar refractivity (Wildman–Crippen MR) is 90.5 cm³/mol. The van der Waals surface area contributed by atoms with Gasteiger partial charge in [-0.25, -0.2) is 0 Å². The van der Waals surface area contributed by atoms with Gasteiger partial charge in [0.1, 0.15) is 0 Å². The van der Waals surface area contributed by atoms with Crippen LogP contribution in [0.2, 0.25) is 0 Å². The maximum Gasteiger partial charge on any atom is 0.0669 e. The molecule has 2 atom stereocenters. The Morgan fingerprint density at radius 3 is 3.05 bits per heavy atom. The molecule has 2 rings (SSSR count). The molecule has 1 N–H and O–H groups in total. The molecule has 0 aliphatic carbocycles. The van der Waals surface area contributed by atoms with Crippen molar-refractivity contribution >= 4 is 27.7 Å². The minimum Gasteiger partial charge on any atom is -0.377 e. The van der Waals surface area contributed by atoms with Gasteiger partial charge in [-0.2, -0.15) is 0 Å². The van der Waals surface area contributed by atoms with Crippen LogP contribution in [0, 0.1) is 0 Å². The minimum absolute atomic E-state index is 0.388. The summed E-state index contributed by atoms with van der Waals surface area (Å²) in [5.41, 5.74) is 1.39. The van der Waals surface area contributed by atoms with Gasteiger partial charge in [0.05, 0.1) is 6.10 Å². The lowest BCUT2D eigenvalue weighted by Crippen LogP contribution is -2.20. The van der Waals surface area contributed by atoms with E-state index in [4.69, 9.17) is 4.74 Å². The molecular formula is C16H24BrNOS. The van der Waals surface area contributed by atoms with Gasteiger partial charge in [-0.05, 0) is 56.5 Å². The summed E-state index contributed by atoms with van der Waals surface area (Å²) in [5, 5.41) is 3.58. The first-order chi connectivity index (χ1) is 9.70. The second kappa shape index (κ2) is 8.42. The maximum atomic E-state index is 5.72. The average molecular weight is 358 g/mol. The third-order valence-electron chi connectivity index (χ3n) is 3.59. The SMILES string of the molecule is CCCNC(C)c1cc(Br)ccc1SCC1CCCO1. The molecular weight excluding hydrogens is 334 g/mol. The number of hydrogen-bond donors (Lipinski definition) is 1. The molecule has 20 heavy (non-hydrogen) atoms. The van der Waals surface area contributed by atoms with Crippen LogP contribution in [0.5, 0.6) is 0 Å². The second-order valence-corrected chi connectivity index (χ2v) is 7.28. The molecule has 0 radical (unpaired) electrons. The van der Waals surface area contributed by atoms with Crippen molar-refractivity contribution in [3.05, 3.63) is 28.2 Å². The Morgan fingerprint density at radius 1 is 1.50 bits per heavy atom. The van der Waals surface area contributed by atoms with Crippen LogP contribution < -0.4 is 5.32 Å². The van der Waals surface area contributed by atoms with Gasteiger partial charge in [-0.3, -0.25) is 0 Å². The molecule has 1 aliphatic heterocycles. The van der Waals surface area contributed by atoms with E-state index in [-0.39, 0.29) is 0 Å². The van der Waals surface area contributed by atoms with Crippen molar-refractivity contribution in [3.8, 4) is 0 Å². The second-order valence-electron chi connectivity index (χ2n) is 5.30. The number of halogens is 1. The van der Waals surface area contributed by atoms with Crippen molar-refractivity contribution in [1.82, 2.24) is 5.32 Å². The number of benzene rings is 1. The van der Waals surface area contributed by atoms with Crippen LogP contribution in [0.15, 0.2) is 27.6 Å². The molecule has 2 nitrogen and oxygen atoms in total. The maximum absolute atomic E-state index is 5.72. The molecule has 1 aromatic carbocycles. The van der Waals surface area contributed by atoms with Gasteiger partial charge in [0.25, 0.3) is 0 Å². The lowest BCUT2D eigenvalue weighted by Gasteiger charge is -2.19. The summed E-state index contributed by atoms with van der Waals surface area (Å²) in [6, 6.07) is 6.99. The number of nitrogens with one attached hydrogen (secondary N) is 1. The summed E-state index contributed by atoms with van der Waals surface area (Å²) in [4.78, 5) is 1.37. The van der Waals surface area contributed by atoms with Gasteiger partial charge in [0.2, 0.25) is 0 Å². The highest BCUT2D eigenvalue weighted by molar-refractivity contribution is 9.10. The zero-order valence-electron chi connectivity index (χ0n) is 12.3. The van der Waals surface area contributed by atoms with Crippen molar-refractivity contribution in [1.29, 1.82) is 0 Å². The fourth-order valence-corrected chi connectivity index (χ4v) is 3.99. The lowest BCUT2D eigenvalue weighted by molar-refractivity contribution is 0.129. The Balaban J connectivity index is 2.02. The minimum atomic E-state index is 0.388. The molecule has 1 fully saturated rings. The quantitative estimate of drug-likeness (QED) is 0.709. The third-order valence-corrected chi connectivity index (χ3v) is 5.30. The van der Waals surface area contributed by atoms with Crippen LogP contribution in [-0.2, 0) is 4.74 Å². The summed E-state index contributed by atoms with van der Waals surface area (Å²) >= 11 is 5.52. The Labute approximate surface area is 135 Å². The molecule has 1 aliphatic rings. The van der Waals surface area contributed by atoms with E-state index in [2.05, 4.69) is 53.3 Å². The number of rotatable bonds is 7. The summed E-state index contributed by atoms with van der Waals surface area (Å²) in [5.74, 6) is 1.06. The van der Waals surface area contributed by atoms with E-state index in [1.54, 1.807) is 0 Å². The Kier molecular flexibility index (Phi) is 6.88. The Hall–Kier alpha value is -0.0300. The monoisotopic (exact) mass is 357 g/mol. The van der Waals surface area contributed by atoms with E-state index in [1.165, 1.54) is 23.3 Å². The normalized spacial score (nSPS) is 20.2. The van der Waals surface area contributed by atoms with Crippen LogP contribution in [0.25, 0.3) is 0 Å². The molecule has 1 saturated heterocycles. The summed E-state index contributed by atoms with van der Waals surface area (Å²) in [7, 11) is 0. The zero-order valence-corrected chi connectivity index (χ0v) is 14.7. The van der Waals surface area contributed by atoms with E-state index in [0.29, 0.717) is 12.1 Å². The van der Waals surface area contributed by atoms with E-state index in [1.807, 2.05) is 11.8 Å². The summed E-state index contributed by atoms with van der Waals surface area (Å²) in [6.07, 6.45) is 4.03. The molecule has 4 heteroatoms. The van der Waals surface area contributed by atoms with Gasteiger partial charge >= 0.3 is 0 Å². The smallest absolute Gasteiger partial charge is 0.0669 e.